The number of carbonyl (C=O) groups excluding carboxylic acids is 2. The van der Waals surface area contributed by atoms with Crippen molar-refractivity contribution in [3.63, 3.8) is 0 Å². The highest BCUT2D eigenvalue weighted by Crippen LogP contribution is 2.39. The summed E-state index contributed by atoms with van der Waals surface area (Å²) in [5.41, 5.74) is 2.62. The molecular weight excluding hydrogens is 394 g/mol. The van der Waals surface area contributed by atoms with Crippen molar-refractivity contribution in [1.29, 1.82) is 0 Å². The molecule has 0 spiro atoms. The fraction of sp³-hybridized carbons (Fsp3) is 0.273. The maximum absolute atomic E-state index is 13.0. The summed E-state index contributed by atoms with van der Waals surface area (Å²) in [5.74, 6) is -1.96. The number of hydrogen-bond acceptors (Lipinski definition) is 5. The molecule has 1 aromatic heterocycles. The normalized spacial score (nSPS) is 12.0. The van der Waals surface area contributed by atoms with Crippen LogP contribution >= 0.6 is 11.6 Å². The van der Waals surface area contributed by atoms with Crippen molar-refractivity contribution in [2.75, 3.05) is 13.2 Å². The molecule has 0 bridgehead atoms. The quantitative estimate of drug-likeness (QED) is 0.569. The number of aryl methyl sites for hydroxylation is 1. The number of aromatic nitrogens is 1. The van der Waals surface area contributed by atoms with E-state index in [2.05, 4.69) is 4.98 Å². The highest BCUT2D eigenvalue weighted by Gasteiger charge is 2.31. The molecule has 7 heteroatoms. The molecular formula is C22H22ClNO5. The van der Waals surface area contributed by atoms with Crippen LogP contribution in [0.25, 0.3) is 10.9 Å². The van der Waals surface area contributed by atoms with Gasteiger partial charge >= 0.3 is 11.9 Å². The van der Waals surface area contributed by atoms with Crippen LogP contribution in [0.2, 0.25) is 5.02 Å². The molecule has 1 unspecified atom stereocenters. The molecule has 0 aliphatic heterocycles. The second-order valence-corrected chi connectivity index (χ2v) is 6.91. The van der Waals surface area contributed by atoms with E-state index in [0.717, 1.165) is 0 Å². The Balaban J connectivity index is 2.32. The SMILES string of the molecule is CCOC(=O)c1c(C)[nH]c2cccc(C(C(=O)OCC)c3cc(O)ccc3Cl)c12. The molecule has 3 rings (SSSR count). The summed E-state index contributed by atoms with van der Waals surface area (Å²) in [4.78, 5) is 28.8. The predicted molar refractivity (Wildman–Crippen MR) is 111 cm³/mol. The fourth-order valence-corrected chi connectivity index (χ4v) is 3.73. The van der Waals surface area contributed by atoms with Gasteiger partial charge in [0.2, 0.25) is 0 Å². The lowest BCUT2D eigenvalue weighted by atomic mass is 9.87. The molecule has 0 amide bonds. The second-order valence-electron chi connectivity index (χ2n) is 6.51. The number of H-pyrrole nitrogens is 1. The van der Waals surface area contributed by atoms with Crippen LogP contribution in [-0.2, 0) is 14.3 Å². The number of hydrogen-bond donors (Lipinski definition) is 2. The monoisotopic (exact) mass is 415 g/mol. The van der Waals surface area contributed by atoms with Crippen LogP contribution in [0.3, 0.4) is 0 Å². The molecule has 0 saturated heterocycles. The average molecular weight is 416 g/mol. The molecule has 2 N–H and O–H groups in total. The first-order chi connectivity index (χ1) is 13.9. The molecule has 0 aliphatic carbocycles. The van der Waals surface area contributed by atoms with Crippen LogP contribution in [0.15, 0.2) is 36.4 Å². The molecule has 1 heterocycles. The van der Waals surface area contributed by atoms with Gasteiger partial charge in [0.1, 0.15) is 11.7 Å². The Hall–Kier alpha value is -2.99. The van der Waals surface area contributed by atoms with Crippen LogP contribution < -0.4 is 0 Å². The molecule has 6 nitrogen and oxygen atoms in total. The molecule has 29 heavy (non-hydrogen) atoms. The van der Waals surface area contributed by atoms with Crippen LogP contribution in [0.1, 0.15) is 46.9 Å². The predicted octanol–water partition coefficient (Wildman–Crippen LogP) is 4.71. The minimum atomic E-state index is -0.929. The summed E-state index contributed by atoms with van der Waals surface area (Å²) in [5, 5.41) is 10.9. The summed E-state index contributed by atoms with van der Waals surface area (Å²) in [7, 11) is 0. The second kappa shape index (κ2) is 8.57. The van der Waals surface area contributed by atoms with Gasteiger partial charge in [-0.25, -0.2) is 4.79 Å². The number of rotatable bonds is 6. The Kier molecular flexibility index (Phi) is 6.13. The molecule has 152 valence electrons. The van der Waals surface area contributed by atoms with E-state index in [1.165, 1.54) is 18.2 Å². The number of carbonyl (C=O) groups is 2. The Morgan fingerprint density at radius 1 is 1.10 bits per heavy atom. The molecule has 0 radical (unpaired) electrons. The van der Waals surface area contributed by atoms with Gasteiger partial charge in [0.25, 0.3) is 0 Å². The molecule has 1 atom stereocenters. The number of phenols is 1. The van der Waals surface area contributed by atoms with Crippen molar-refractivity contribution in [1.82, 2.24) is 4.98 Å². The number of benzene rings is 2. The first-order valence-electron chi connectivity index (χ1n) is 9.32. The van der Waals surface area contributed by atoms with Crippen molar-refractivity contribution in [2.45, 2.75) is 26.7 Å². The van der Waals surface area contributed by atoms with E-state index in [1.807, 2.05) is 6.07 Å². The van der Waals surface area contributed by atoms with E-state index in [1.54, 1.807) is 32.9 Å². The number of phenolic OH excluding ortho intramolecular Hbond substituents is 1. The largest absolute Gasteiger partial charge is 0.508 e. The van der Waals surface area contributed by atoms with E-state index in [9.17, 15) is 14.7 Å². The number of nitrogens with one attached hydrogen (secondary N) is 1. The highest BCUT2D eigenvalue weighted by atomic mass is 35.5. The van der Waals surface area contributed by atoms with Crippen molar-refractivity contribution in [3.8, 4) is 5.75 Å². The van der Waals surface area contributed by atoms with Crippen LogP contribution in [0, 0.1) is 6.92 Å². The summed E-state index contributed by atoms with van der Waals surface area (Å²) in [6.07, 6.45) is 0. The number of halogens is 1. The summed E-state index contributed by atoms with van der Waals surface area (Å²) < 4.78 is 10.5. The lowest BCUT2D eigenvalue weighted by molar-refractivity contribution is -0.143. The maximum atomic E-state index is 13.0. The first kappa shape index (κ1) is 20.7. The standard InChI is InChI=1S/C22H22ClNO5/c1-4-28-21(26)18-12(3)24-17-8-6-7-14(20(17)18)19(22(27)29-5-2)15-11-13(25)9-10-16(15)23/h6-11,19,24-25H,4-5H2,1-3H3. The zero-order valence-corrected chi connectivity index (χ0v) is 17.2. The van der Waals surface area contributed by atoms with Gasteiger partial charge in [-0.05, 0) is 56.2 Å². The summed E-state index contributed by atoms with van der Waals surface area (Å²) >= 11 is 6.38. The maximum Gasteiger partial charge on any atom is 0.340 e. The molecule has 0 saturated carbocycles. The van der Waals surface area contributed by atoms with E-state index in [-0.39, 0.29) is 19.0 Å². The van der Waals surface area contributed by atoms with E-state index >= 15 is 0 Å². The van der Waals surface area contributed by atoms with Crippen molar-refractivity contribution < 1.29 is 24.2 Å². The lowest BCUT2D eigenvalue weighted by Crippen LogP contribution is -2.18. The van der Waals surface area contributed by atoms with E-state index in [4.69, 9.17) is 21.1 Å². The molecule has 0 aliphatic rings. The third kappa shape index (κ3) is 3.93. The molecule has 0 fully saturated rings. The third-order valence-corrected chi connectivity index (χ3v) is 4.99. The molecule has 3 aromatic rings. The Bertz CT molecular complexity index is 1070. The third-order valence-electron chi connectivity index (χ3n) is 4.65. The number of ether oxygens (including phenoxy) is 2. The van der Waals surface area contributed by atoms with Gasteiger partial charge in [0.15, 0.2) is 0 Å². The smallest absolute Gasteiger partial charge is 0.340 e. The van der Waals surface area contributed by atoms with Gasteiger partial charge in [-0.1, -0.05) is 23.7 Å². The van der Waals surface area contributed by atoms with E-state index < -0.39 is 17.9 Å². The van der Waals surface area contributed by atoms with Gasteiger partial charge < -0.3 is 19.6 Å². The summed E-state index contributed by atoms with van der Waals surface area (Å²) in [6.45, 7) is 5.63. The number of aromatic hydroxyl groups is 1. The van der Waals surface area contributed by atoms with Crippen LogP contribution in [-0.4, -0.2) is 35.2 Å². The Labute approximate surface area is 173 Å². The minimum absolute atomic E-state index is 0.0262. The molecule has 2 aromatic carbocycles. The zero-order chi connectivity index (χ0) is 21.1. The van der Waals surface area contributed by atoms with Gasteiger partial charge in [0.05, 0.1) is 18.8 Å². The van der Waals surface area contributed by atoms with Gasteiger partial charge in [-0.3, -0.25) is 4.79 Å². The van der Waals surface area contributed by atoms with Crippen molar-refractivity contribution in [2.24, 2.45) is 0 Å². The zero-order valence-electron chi connectivity index (χ0n) is 16.4. The van der Waals surface area contributed by atoms with E-state index in [0.29, 0.717) is 38.3 Å². The van der Waals surface area contributed by atoms with Crippen molar-refractivity contribution in [3.05, 3.63) is 63.8 Å². The Morgan fingerprint density at radius 3 is 2.52 bits per heavy atom. The number of esters is 2. The number of aromatic amines is 1. The van der Waals surface area contributed by atoms with Crippen LogP contribution in [0.4, 0.5) is 0 Å². The topological polar surface area (TPSA) is 88.6 Å². The number of fused-ring (bicyclic) bond motifs is 1. The Morgan fingerprint density at radius 2 is 1.83 bits per heavy atom. The summed E-state index contributed by atoms with van der Waals surface area (Å²) in [6, 6.07) is 9.76. The highest BCUT2D eigenvalue weighted by molar-refractivity contribution is 6.31. The first-order valence-corrected chi connectivity index (χ1v) is 9.70. The van der Waals surface area contributed by atoms with Gasteiger partial charge in [0, 0.05) is 21.6 Å². The van der Waals surface area contributed by atoms with Gasteiger partial charge in [-0.15, -0.1) is 0 Å². The van der Waals surface area contributed by atoms with Crippen molar-refractivity contribution >= 4 is 34.4 Å². The van der Waals surface area contributed by atoms with Gasteiger partial charge in [-0.2, -0.15) is 0 Å². The average Bonchev–Trinajstić information content (AvgIpc) is 3.02. The minimum Gasteiger partial charge on any atom is -0.508 e. The fourth-order valence-electron chi connectivity index (χ4n) is 3.50. The lowest BCUT2D eigenvalue weighted by Gasteiger charge is -2.19. The van der Waals surface area contributed by atoms with Crippen LogP contribution in [0.5, 0.6) is 5.75 Å².